The Morgan fingerprint density at radius 2 is 2.35 bits per heavy atom. The van der Waals surface area contributed by atoms with E-state index >= 15 is 0 Å². The van der Waals surface area contributed by atoms with Crippen LogP contribution in [0.15, 0.2) is 18.3 Å². The third kappa shape index (κ3) is 1.81. The summed E-state index contributed by atoms with van der Waals surface area (Å²) in [6.45, 7) is 2.71. The zero-order valence-corrected chi connectivity index (χ0v) is 10.0. The summed E-state index contributed by atoms with van der Waals surface area (Å²) in [6.07, 6.45) is 2.98. The van der Waals surface area contributed by atoms with Crippen LogP contribution in [-0.2, 0) is 6.54 Å². The zero-order valence-electron chi connectivity index (χ0n) is 10.0. The molecular formula is C12H17N5. The predicted molar refractivity (Wildman–Crippen MR) is 65.7 cm³/mol. The van der Waals surface area contributed by atoms with Crippen LogP contribution in [0.25, 0.3) is 5.65 Å². The minimum absolute atomic E-state index is 0.474. The maximum atomic E-state index is 5.68. The van der Waals surface area contributed by atoms with Gasteiger partial charge in [-0.05, 0) is 32.1 Å². The molecule has 2 aromatic rings. The molecule has 3 rings (SSSR count). The number of rotatable bonds is 2. The van der Waals surface area contributed by atoms with Gasteiger partial charge >= 0.3 is 0 Å². The summed E-state index contributed by atoms with van der Waals surface area (Å²) < 4.78 is 1.87. The summed E-state index contributed by atoms with van der Waals surface area (Å²) in [4.78, 5) is 6.62. The Kier molecular flexibility index (Phi) is 2.57. The number of aromatic nitrogens is 3. The van der Waals surface area contributed by atoms with Gasteiger partial charge in [-0.15, -0.1) is 0 Å². The van der Waals surface area contributed by atoms with Crippen molar-refractivity contribution >= 4 is 5.65 Å². The second-order valence-electron chi connectivity index (χ2n) is 4.73. The van der Waals surface area contributed by atoms with Gasteiger partial charge < -0.3 is 10.6 Å². The van der Waals surface area contributed by atoms with Crippen LogP contribution in [0.3, 0.4) is 0 Å². The van der Waals surface area contributed by atoms with Crippen LogP contribution in [0.5, 0.6) is 0 Å². The molecule has 0 aromatic carbocycles. The monoisotopic (exact) mass is 231 g/mol. The molecule has 2 aromatic heterocycles. The number of imidazole rings is 1. The van der Waals surface area contributed by atoms with E-state index in [4.69, 9.17) is 5.73 Å². The molecule has 0 aliphatic carbocycles. The molecule has 3 heterocycles. The highest BCUT2D eigenvalue weighted by molar-refractivity contribution is 5.39. The molecule has 1 fully saturated rings. The third-order valence-corrected chi connectivity index (χ3v) is 3.47. The Morgan fingerprint density at radius 1 is 1.47 bits per heavy atom. The fraction of sp³-hybridized carbons (Fsp3) is 0.500. The van der Waals surface area contributed by atoms with Crippen LogP contribution in [0.2, 0.25) is 0 Å². The smallest absolute Gasteiger partial charge is 0.153 e. The number of likely N-dealkylation sites (N-methyl/N-ethyl adjacent to an activating group) is 1. The average molecular weight is 231 g/mol. The van der Waals surface area contributed by atoms with Crippen LogP contribution in [0, 0.1) is 0 Å². The Labute approximate surface area is 100 Å². The summed E-state index contributed by atoms with van der Waals surface area (Å²) in [5, 5.41) is 4.67. The van der Waals surface area contributed by atoms with Gasteiger partial charge in [0.15, 0.2) is 5.65 Å². The predicted octanol–water partition coefficient (Wildman–Crippen LogP) is 0.607. The standard InChI is InChI=1S/C12H17N5/c1-16-5-4-9(8-16)11-2-3-12-14-7-10(6-13)17(12)15-11/h2-3,7,9H,4-6,8,13H2,1H3. The van der Waals surface area contributed by atoms with Crippen LogP contribution in [-0.4, -0.2) is 39.6 Å². The van der Waals surface area contributed by atoms with E-state index < -0.39 is 0 Å². The Bertz CT molecular complexity index is 533. The van der Waals surface area contributed by atoms with E-state index in [2.05, 4.69) is 28.1 Å². The highest BCUT2D eigenvalue weighted by Crippen LogP contribution is 2.24. The highest BCUT2D eigenvalue weighted by atomic mass is 15.3. The summed E-state index contributed by atoms with van der Waals surface area (Å²) in [5.74, 6) is 0.539. The van der Waals surface area contributed by atoms with Crippen LogP contribution < -0.4 is 5.73 Å². The summed E-state index contributed by atoms with van der Waals surface area (Å²) in [5.41, 5.74) is 8.67. The van der Waals surface area contributed by atoms with Crippen molar-refractivity contribution in [2.45, 2.75) is 18.9 Å². The Hall–Kier alpha value is -1.46. The van der Waals surface area contributed by atoms with Crippen LogP contribution in [0.4, 0.5) is 0 Å². The Balaban J connectivity index is 2.00. The van der Waals surface area contributed by atoms with Crippen molar-refractivity contribution in [3.8, 4) is 0 Å². The van der Waals surface area contributed by atoms with Crippen molar-refractivity contribution in [2.24, 2.45) is 5.73 Å². The number of hydrogen-bond acceptors (Lipinski definition) is 4. The maximum Gasteiger partial charge on any atom is 0.153 e. The fourth-order valence-corrected chi connectivity index (χ4v) is 2.47. The number of likely N-dealkylation sites (tertiary alicyclic amines) is 1. The van der Waals surface area contributed by atoms with E-state index in [-0.39, 0.29) is 0 Å². The van der Waals surface area contributed by atoms with Gasteiger partial charge in [0.05, 0.1) is 17.6 Å². The number of hydrogen-bond donors (Lipinski definition) is 1. The number of nitrogens with zero attached hydrogens (tertiary/aromatic N) is 4. The van der Waals surface area contributed by atoms with Gasteiger partial charge in [-0.1, -0.05) is 0 Å². The van der Waals surface area contributed by atoms with Gasteiger partial charge in [-0.3, -0.25) is 0 Å². The molecule has 90 valence electrons. The molecule has 1 unspecified atom stereocenters. The lowest BCUT2D eigenvalue weighted by Crippen LogP contribution is -2.14. The molecule has 0 amide bonds. The second kappa shape index (κ2) is 4.09. The zero-order chi connectivity index (χ0) is 11.8. The van der Waals surface area contributed by atoms with Gasteiger partial charge in [0.25, 0.3) is 0 Å². The summed E-state index contributed by atoms with van der Waals surface area (Å²) in [7, 11) is 2.15. The largest absolute Gasteiger partial charge is 0.325 e. The van der Waals surface area contributed by atoms with E-state index in [9.17, 15) is 0 Å². The van der Waals surface area contributed by atoms with Crippen LogP contribution >= 0.6 is 0 Å². The second-order valence-corrected chi connectivity index (χ2v) is 4.73. The van der Waals surface area contributed by atoms with E-state index in [1.165, 1.54) is 6.42 Å². The molecular weight excluding hydrogens is 214 g/mol. The van der Waals surface area contributed by atoms with E-state index in [0.717, 1.165) is 30.1 Å². The summed E-state index contributed by atoms with van der Waals surface area (Å²) in [6, 6.07) is 4.12. The van der Waals surface area contributed by atoms with Crippen molar-refractivity contribution in [3.05, 3.63) is 29.7 Å². The van der Waals surface area contributed by atoms with Crippen molar-refractivity contribution in [1.82, 2.24) is 19.5 Å². The van der Waals surface area contributed by atoms with E-state index in [0.29, 0.717) is 12.5 Å². The quantitative estimate of drug-likeness (QED) is 0.822. The first kappa shape index (κ1) is 10.7. The molecule has 5 heteroatoms. The van der Waals surface area contributed by atoms with Gasteiger partial charge in [0, 0.05) is 19.0 Å². The molecule has 1 aliphatic rings. The number of nitrogens with two attached hydrogens (primary N) is 1. The molecule has 0 radical (unpaired) electrons. The van der Waals surface area contributed by atoms with Gasteiger partial charge in [-0.25, -0.2) is 9.50 Å². The molecule has 0 saturated carbocycles. The molecule has 1 saturated heterocycles. The van der Waals surface area contributed by atoms with E-state index in [1.807, 2.05) is 10.6 Å². The SMILES string of the molecule is CN1CCC(c2ccc3ncc(CN)n3n2)C1. The van der Waals surface area contributed by atoms with Gasteiger partial charge in [0.1, 0.15) is 0 Å². The lowest BCUT2D eigenvalue weighted by molar-refractivity contribution is 0.410. The average Bonchev–Trinajstić information content (AvgIpc) is 2.94. The molecule has 1 aliphatic heterocycles. The van der Waals surface area contributed by atoms with Crippen molar-refractivity contribution in [1.29, 1.82) is 0 Å². The molecule has 0 bridgehead atoms. The first-order valence-corrected chi connectivity index (χ1v) is 6.00. The lowest BCUT2D eigenvalue weighted by atomic mass is 10.1. The molecule has 5 nitrogen and oxygen atoms in total. The topological polar surface area (TPSA) is 59.5 Å². The first-order chi connectivity index (χ1) is 8.28. The lowest BCUT2D eigenvalue weighted by Gasteiger charge is -2.10. The minimum atomic E-state index is 0.474. The van der Waals surface area contributed by atoms with E-state index in [1.54, 1.807) is 6.20 Å². The van der Waals surface area contributed by atoms with Crippen molar-refractivity contribution in [3.63, 3.8) is 0 Å². The Morgan fingerprint density at radius 3 is 3.06 bits per heavy atom. The maximum absolute atomic E-state index is 5.68. The molecule has 0 spiro atoms. The third-order valence-electron chi connectivity index (χ3n) is 3.47. The highest BCUT2D eigenvalue weighted by Gasteiger charge is 2.22. The van der Waals surface area contributed by atoms with Crippen molar-refractivity contribution < 1.29 is 0 Å². The van der Waals surface area contributed by atoms with Gasteiger partial charge in [0.2, 0.25) is 0 Å². The molecule has 17 heavy (non-hydrogen) atoms. The normalized spacial score (nSPS) is 21.4. The molecule has 1 atom stereocenters. The van der Waals surface area contributed by atoms with Gasteiger partial charge in [-0.2, -0.15) is 5.10 Å². The fourth-order valence-electron chi connectivity index (χ4n) is 2.47. The summed E-state index contributed by atoms with van der Waals surface area (Å²) >= 11 is 0. The van der Waals surface area contributed by atoms with Crippen molar-refractivity contribution in [2.75, 3.05) is 20.1 Å². The first-order valence-electron chi connectivity index (χ1n) is 6.00. The van der Waals surface area contributed by atoms with Crippen LogP contribution in [0.1, 0.15) is 23.7 Å². The minimum Gasteiger partial charge on any atom is -0.325 e. The number of fused-ring (bicyclic) bond motifs is 1. The molecule has 2 N–H and O–H groups in total.